The Labute approximate surface area is 59.7 Å². The zero-order chi connectivity index (χ0) is 8.15. The molecule has 0 amide bonds. The maximum Gasteiger partial charge on any atom is 0.241 e. The predicted molar refractivity (Wildman–Crippen MR) is 34.3 cm³/mol. The van der Waals surface area contributed by atoms with Gasteiger partial charge in [-0.25, -0.2) is 8.78 Å². The first kappa shape index (κ1) is 9.35. The van der Waals surface area contributed by atoms with E-state index in [0.29, 0.717) is 5.92 Å². The molecule has 3 heteroatoms. The quantitative estimate of drug-likeness (QED) is 0.599. The van der Waals surface area contributed by atoms with Crippen molar-refractivity contribution in [1.82, 2.24) is 0 Å². The molecule has 0 aliphatic carbocycles. The second-order valence-electron chi connectivity index (χ2n) is 2.41. The van der Waals surface area contributed by atoms with Crippen molar-refractivity contribution in [2.24, 2.45) is 5.92 Å². The highest BCUT2D eigenvalue weighted by Crippen LogP contribution is 2.18. The monoisotopic (exact) mass is 146 g/mol. The molecular weight excluding hydrogens is 136 g/mol. The number of alkyl halides is 2. The van der Waals surface area contributed by atoms with Gasteiger partial charge in [0.05, 0.1) is 12.0 Å². The molecule has 0 rings (SSSR count). The van der Waals surface area contributed by atoms with E-state index >= 15 is 0 Å². The molecule has 10 heavy (non-hydrogen) atoms. The van der Waals surface area contributed by atoms with Gasteiger partial charge in [-0.2, -0.15) is 5.26 Å². The number of nitriles is 1. The van der Waals surface area contributed by atoms with E-state index in [1.54, 1.807) is 6.92 Å². The Morgan fingerprint density at radius 2 is 2.10 bits per heavy atom. The zero-order valence-corrected chi connectivity index (χ0v) is 6.06. The summed E-state index contributed by atoms with van der Waals surface area (Å²) in [6.45, 7) is 3.00. The SMILES string of the molecule is C[C](C#N)CC(C)C(F)F. The first-order chi connectivity index (χ1) is 4.57. The van der Waals surface area contributed by atoms with E-state index in [-0.39, 0.29) is 6.42 Å². The summed E-state index contributed by atoms with van der Waals surface area (Å²) in [6.07, 6.45) is -2.11. The minimum Gasteiger partial charge on any atom is -0.210 e. The van der Waals surface area contributed by atoms with Gasteiger partial charge in [0, 0.05) is 5.92 Å². The van der Waals surface area contributed by atoms with Crippen molar-refractivity contribution >= 4 is 0 Å². The van der Waals surface area contributed by atoms with Crippen molar-refractivity contribution in [2.45, 2.75) is 26.7 Å². The lowest BCUT2D eigenvalue weighted by Crippen LogP contribution is -2.09. The zero-order valence-electron chi connectivity index (χ0n) is 6.06. The van der Waals surface area contributed by atoms with Crippen LogP contribution in [-0.4, -0.2) is 6.43 Å². The van der Waals surface area contributed by atoms with Crippen molar-refractivity contribution in [3.05, 3.63) is 5.92 Å². The summed E-state index contributed by atoms with van der Waals surface area (Å²) in [4.78, 5) is 0. The highest BCUT2D eigenvalue weighted by atomic mass is 19.3. The van der Waals surface area contributed by atoms with Crippen molar-refractivity contribution in [1.29, 1.82) is 5.26 Å². The van der Waals surface area contributed by atoms with E-state index in [1.165, 1.54) is 6.92 Å². The molecule has 0 aliphatic heterocycles. The van der Waals surface area contributed by atoms with E-state index in [2.05, 4.69) is 0 Å². The average molecular weight is 146 g/mol. The molecule has 0 saturated carbocycles. The summed E-state index contributed by atoms with van der Waals surface area (Å²) < 4.78 is 23.6. The Kier molecular flexibility index (Phi) is 3.94. The van der Waals surface area contributed by atoms with Gasteiger partial charge in [0.1, 0.15) is 0 Å². The van der Waals surface area contributed by atoms with Gasteiger partial charge in [0.15, 0.2) is 0 Å². The van der Waals surface area contributed by atoms with Crippen LogP contribution in [0.1, 0.15) is 20.3 Å². The molecule has 1 atom stereocenters. The van der Waals surface area contributed by atoms with Crippen LogP contribution in [0.25, 0.3) is 0 Å². The topological polar surface area (TPSA) is 23.8 Å². The van der Waals surface area contributed by atoms with Crippen LogP contribution in [-0.2, 0) is 0 Å². The molecule has 0 heterocycles. The van der Waals surface area contributed by atoms with Gasteiger partial charge in [-0.1, -0.05) is 6.92 Å². The third kappa shape index (κ3) is 3.39. The Morgan fingerprint density at radius 3 is 2.40 bits per heavy atom. The molecule has 0 spiro atoms. The van der Waals surface area contributed by atoms with Crippen LogP contribution >= 0.6 is 0 Å². The molecule has 0 bridgehead atoms. The van der Waals surface area contributed by atoms with E-state index in [9.17, 15) is 8.78 Å². The lowest BCUT2D eigenvalue weighted by molar-refractivity contribution is 0.0848. The van der Waals surface area contributed by atoms with Gasteiger partial charge in [0.25, 0.3) is 0 Å². The molecule has 0 N–H and O–H groups in total. The summed E-state index contributed by atoms with van der Waals surface area (Å²) in [5.41, 5.74) is 0. The van der Waals surface area contributed by atoms with Crippen LogP contribution in [0.5, 0.6) is 0 Å². The lowest BCUT2D eigenvalue weighted by atomic mass is 9.99. The van der Waals surface area contributed by atoms with Crippen LogP contribution in [0.4, 0.5) is 8.78 Å². The normalized spacial score (nSPS) is 13.7. The molecule has 0 aromatic heterocycles. The predicted octanol–water partition coefficient (Wildman–Crippen LogP) is 2.40. The van der Waals surface area contributed by atoms with Crippen molar-refractivity contribution < 1.29 is 8.78 Å². The van der Waals surface area contributed by atoms with Crippen LogP contribution in [0.3, 0.4) is 0 Å². The van der Waals surface area contributed by atoms with Crippen LogP contribution in [0.15, 0.2) is 0 Å². The third-order valence-corrected chi connectivity index (χ3v) is 1.25. The smallest absolute Gasteiger partial charge is 0.210 e. The molecule has 0 aliphatic rings. The highest BCUT2D eigenvalue weighted by molar-refractivity contribution is 5.07. The first-order valence-corrected chi connectivity index (χ1v) is 3.08. The summed E-state index contributed by atoms with van der Waals surface area (Å²) in [7, 11) is 0. The molecule has 1 unspecified atom stereocenters. The Balaban J connectivity index is 3.59. The maximum atomic E-state index is 11.8. The first-order valence-electron chi connectivity index (χ1n) is 3.08. The molecule has 0 fully saturated rings. The van der Waals surface area contributed by atoms with E-state index in [1.807, 2.05) is 6.07 Å². The van der Waals surface area contributed by atoms with E-state index in [0.717, 1.165) is 0 Å². The van der Waals surface area contributed by atoms with E-state index in [4.69, 9.17) is 5.26 Å². The van der Waals surface area contributed by atoms with Gasteiger partial charge in [0.2, 0.25) is 6.43 Å². The average Bonchev–Trinajstić information content (AvgIpc) is 1.87. The fraction of sp³-hybridized carbons (Fsp3) is 0.714. The standard InChI is InChI=1S/C7H10F2N/c1-5(4-10)3-6(2)7(8)9/h6-7H,3H2,1-2H3. The Morgan fingerprint density at radius 1 is 1.60 bits per heavy atom. The summed E-state index contributed by atoms with van der Waals surface area (Å²) >= 11 is 0. The summed E-state index contributed by atoms with van der Waals surface area (Å²) in [5, 5.41) is 8.23. The van der Waals surface area contributed by atoms with Gasteiger partial charge >= 0.3 is 0 Å². The minimum atomic E-state index is -2.32. The van der Waals surface area contributed by atoms with Gasteiger partial charge in [-0.3, -0.25) is 0 Å². The van der Waals surface area contributed by atoms with Gasteiger partial charge in [-0.05, 0) is 13.3 Å². The van der Waals surface area contributed by atoms with Gasteiger partial charge < -0.3 is 0 Å². The maximum absolute atomic E-state index is 11.8. The van der Waals surface area contributed by atoms with Crippen molar-refractivity contribution in [3.8, 4) is 6.07 Å². The second-order valence-corrected chi connectivity index (χ2v) is 2.41. The molecule has 0 saturated heterocycles. The molecule has 0 aromatic carbocycles. The molecule has 1 nitrogen and oxygen atoms in total. The number of hydrogen-bond donors (Lipinski definition) is 0. The van der Waals surface area contributed by atoms with Crippen LogP contribution in [0.2, 0.25) is 0 Å². The summed E-state index contributed by atoms with van der Waals surface area (Å²) in [6, 6.07) is 1.83. The Bertz CT molecular complexity index is 128. The molecule has 1 radical (unpaired) electrons. The van der Waals surface area contributed by atoms with E-state index < -0.39 is 12.3 Å². The molecule has 0 aromatic rings. The van der Waals surface area contributed by atoms with Crippen LogP contribution in [0, 0.1) is 23.2 Å². The summed E-state index contributed by atoms with van der Waals surface area (Å²) in [5.74, 6) is -0.229. The molecule has 57 valence electrons. The number of rotatable bonds is 3. The largest absolute Gasteiger partial charge is 0.241 e. The highest BCUT2D eigenvalue weighted by Gasteiger charge is 2.17. The minimum absolute atomic E-state index is 0.203. The van der Waals surface area contributed by atoms with Crippen molar-refractivity contribution in [3.63, 3.8) is 0 Å². The van der Waals surface area contributed by atoms with Gasteiger partial charge in [-0.15, -0.1) is 0 Å². The van der Waals surface area contributed by atoms with Crippen LogP contribution < -0.4 is 0 Å². The number of halogens is 2. The second kappa shape index (κ2) is 4.21. The lowest BCUT2D eigenvalue weighted by Gasteiger charge is -2.09. The fourth-order valence-corrected chi connectivity index (χ4v) is 0.618. The Hall–Kier alpha value is -0.650. The molecular formula is C7H10F2N. The fourth-order valence-electron chi connectivity index (χ4n) is 0.618. The number of nitrogens with zero attached hydrogens (tertiary/aromatic N) is 1. The number of hydrogen-bond acceptors (Lipinski definition) is 1. The van der Waals surface area contributed by atoms with Crippen molar-refractivity contribution in [2.75, 3.05) is 0 Å². The third-order valence-electron chi connectivity index (χ3n) is 1.25.